The van der Waals surface area contributed by atoms with Gasteiger partial charge in [0.05, 0.1) is 21.2 Å². The van der Waals surface area contributed by atoms with Crippen molar-refractivity contribution in [2.45, 2.75) is 18.5 Å². The minimum absolute atomic E-state index is 0.0198. The molecule has 3 atom stereocenters. The van der Waals surface area contributed by atoms with Crippen molar-refractivity contribution in [3.05, 3.63) is 35.4 Å². The summed E-state index contributed by atoms with van der Waals surface area (Å²) >= 11 is 0. The van der Waals surface area contributed by atoms with E-state index in [0.717, 1.165) is 11.1 Å². The topological polar surface area (TPSA) is 43.4 Å². The van der Waals surface area contributed by atoms with Crippen LogP contribution in [0.3, 0.4) is 0 Å². The summed E-state index contributed by atoms with van der Waals surface area (Å²) in [6.07, 6.45) is 0.581. The molecule has 0 aromatic heterocycles. The predicted molar refractivity (Wildman–Crippen MR) is 69.5 cm³/mol. The molecular formula is C15H18NO3+. The summed E-state index contributed by atoms with van der Waals surface area (Å²) in [5.41, 5.74) is 1.77. The maximum absolute atomic E-state index is 12.6. The fourth-order valence-corrected chi connectivity index (χ4v) is 3.82. The van der Waals surface area contributed by atoms with Gasteiger partial charge in [-0.3, -0.25) is 9.59 Å². The van der Waals surface area contributed by atoms with Gasteiger partial charge in [0, 0.05) is 17.5 Å². The maximum atomic E-state index is 12.6. The van der Waals surface area contributed by atoms with Gasteiger partial charge >= 0.3 is 5.97 Å². The van der Waals surface area contributed by atoms with Gasteiger partial charge in [-0.25, -0.2) is 0 Å². The minimum Gasteiger partial charge on any atom is -0.469 e. The van der Waals surface area contributed by atoms with E-state index in [0.29, 0.717) is 10.9 Å². The summed E-state index contributed by atoms with van der Waals surface area (Å²) in [6.45, 7) is 0. The number of ketones is 1. The summed E-state index contributed by atoms with van der Waals surface area (Å²) in [6, 6.07) is 7.54. The molecule has 0 radical (unpaired) electrons. The lowest BCUT2D eigenvalue weighted by Crippen LogP contribution is -2.53. The maximum Gasteiger partial charge on any atom is 0.315 e. The number of carbonyl (C=O) groups excluding carboxylic acids is 2. The van der Waals surface area contributed by atoms with Crippen LogP contribution in [-0.4, -0.2) is 43.5 Å². The second-order valence-corrected chi connectivity index (χ2v) is 5.91. The number of benzene rings is 1. The summed E-state index contributed by atoms with van der Waals surface area (Å²) in [5.74, 6) is -0.274. The highest BCUT2D eigenvalue weighted by molar-refractivity contribution is 6.02. The molecule has 2 bridgehead atoms. The molecule has 0 aliphatic carbocycles. The van der Waals surface area contributed by atoms with Crippen LogP contribution in [0.4, 0.5) is 0 Å². The van der Waals surface area contributed by atoms with Crippen molar-refractivity contribution < 1.29 is 18.8 Å². The molecular weight excluding hydrogens is 242 g/mol. The first-order chi connectivity index (χ1) is 8.98. The Bertz CT molecular complexity index is 564. The van der Waals surface area contributed by atoms with Crippen LogP contribution in [0.1, 0.15) is 28.4 Å². The van der Waals surface area contributed by atoms with E-state index in [2.05, 4.69) is 0 Å². The van der Waals surface area contributed by atoms with Crippen molar-refractivity contribution >= 4 is 11.8 Å². The Morgan fingerprint density at radius 2 is 2.00 bits per heavy atom. The van der Waals surface area contributed by atoms with Crippen molar-refractivity contribution in [1.29, 1.82) is 0 Å². The van der Waals surface area contributed by atoms with Gasteiger partial charge in [-0.2, -0.15) is 0 Å². The molecule has 1 saturated heterocycles. The number of nitrogens with zero attached hydrogens (tertiary/aromatic N) is 1. The highest BCUT2D eigenvalue weighted by Crippen LogP contribution is 2.50. The molecule has 1 aromatic carbocycles. The van der Waals surface area contributed by atoms with E-state index >= 15 is 0 Å². The summed E-state index contributed by atoms with van der Waals surface area (Å²) in [7, 11) is 5.48. The number of ether oxygens (including phenoxy) is 1. The molecule has 4 heteroatoms. The number of likely N-dealkylation sites (N-methyl/N-ethyl adjacent to an activating group) is 1. The zero-order valence-corrected chi connectivity index (χ0v) is 11.4. The van der Waals surface area contributed by atoms with Crippen molar-refractivity contribution in [2.24, 2.45) is 5.92 Å². The highest BCUT2D eigenvalue weighted by atomic mass is 16.5. The van der Waals surface area contributed by atoms with Crippen molar-refractivity contribution in [2.75, 3.05) is 21.2 Å². The van der Waals surface area contributed by atoms with Crippen LogP contribution < -0.4 is 0 Å². The predicted octanol–water partition coefficient (Wildman–Crippen LogP) is 1.56. The van der Waals surface area contributed by atoms with E-state index in [1.165, 1.54) is 7.11 Å². The number of quaternary nitrogens is 1. The fraction of sp³-hybridized carbons (Fsp3) is 0.467. The molecule has 0 saturated carbocycles. The van der Waals surface area contributed by atoms with E-state index in [1.54, 1.807) is 0 Å². The van der Waals surface area contributed by atoms with Crippen LogP contribution in [0.15, 0.2) is 24.3 Å². The van der Waals surface area contributed by atoms with Crippen LogP contribution >= 0.6 is 0 Å². The Morgan fingerprint density at radius 1 is 1.32 bits per heavy atom. The second-order valence-electron chi connectivity index (χ2n) is 5.91. The Hall–Kier alpha value is -1.68. The third kappa shape index (κ3) is 1.49. The average Bonchev–Trinajstić information content (AvgIpc) is 2.58. The van der Waals surface area contributed by atoms with Gasteiger partial charge in [0.25, 0.3) is 0 Å². The molecule has 2 heterocycles. The Balaban J connectivity index is 2.19. The Morgan fingerprint density at radius 3 is 2.68 bits per heavy atom. The zero-order chi connectivity index (χ0) is 13.8. The lowest BCUT2D eigenvalue weighted by molar-refractivity contribution is -0.924. The number of methoxy groups -OCH3 is 1. The van der Waals surface area contributed by atoms with Crippen LogP contribution in [0.5, 0.6) is 0 Å². The number of carbonyl (C=O) groups is 2. The molecule has 2 aliphatic rings. The number of rotatable bonds is 1. The van der Waals surface area contributed by atoms with E-state index < -0.39 is 0 Å². The number of fused-ring (bicyclic) bond motifs is 4. The molecule has 0 spiro atoms. The summed E-state index contributed by atoms with van der Waals surface area (Å²) < 4.78 is 5.48. The molecule has 2 aliphatic heterocycles. The van der Waals surface area contributed by atoms with Crippen molar-refractivity contribution in [1.82, 2.24) is 0 Å². The van der Waals surface area contributed by atoms with Crippen LogP contribution in [0.25, 0.3) is 0 Å². The summed E-state index contributed by atoms with van der Waals surface area (Å²) in [5, 5.41) is 0. The van der Waals surface area contributed by atoms with Crippen LogP contribution in [0, 0.1) is 5.92 Å². The quantitative estimate of drug-likeness (QED) is 0.568. The first kappa shape index (κ1) is 12.4. The molecule has 4 nitrogen and oxygen atoms in total. The molecule has 3 rings (SSSR count). The lowest BCUT2D eigenvalue weighted by atomic mass is 9.88. The zero-order valence-electron chi connectivity index (χ0n) is 11.4. The highest BCUT2D eigenvalue weighted by Gasteiger charge is 2.60. The Labute approximate surface area is 112 Å². The molecule has 2 unspecified atom stereocenters. The van der Waals surface area contributed by atoms with Crippen molar-refractivity contribution in [3.8, 4) is 0 Å². The van der Waals surface area contributed by atoms with E-state index in [4.69, 9.17) is 4.74 Å². The first-order valence-corrected chi connectivity index (χ1v) is 6.52. The van der Waals surface area contributed by atoms with Gasteiger partial charge in [-0.05, 0) is 0 Å². The Kier molecular flexibility index (Phi) is 2.54. The van der Waals surface area contributed by atoms with Crippen LogP contribution in [-0.2, 0) is 9.53 Å². The van der Waals surface area contributed by atoms with Crippen molar-refractivity contribution in [3.63, 3.8) is 0 Å². The molecule has 0 amide bonds. The number of esters is 1. The molecule has 1 fully saturated rings. The lowest BCUT2D eigenvalue weighted by Gasteiger charge is -2.41. The first-order valence-electron chi connectivity index (χ1n) is 6.52. The van der Waals surface area contributed by atoms with Gasteiger partial charge in [0.1, 0.15) is 12.0 Å². The molecule has 0 N–H and O–H groups in total. The minimum atomic E-state index is -0.224. The van der Waals surface area contributed by atoms with Gasteiger partial charge in [0.2, 0.25) is 5.78 Å². The van der Waals surface area contributed by atoms with E-state index in [1.807, 2.05) is 38.4 Å². The molecule has 1 aromatic rings. The van der Waals surface area contributed by atoms with Gasteiger partial charge in [-0.15, -0.1) is 0 Å². The smallest absolute Gasteiger partial charge is 0.315 e. The number of Topliss-reactive ketones (excluding diaryl/α,β-unsaturated/α-hetero) is 1. The number of hydrogen-bond acceptors (Lipinski definition) is 3. The molecule has 19 heavy (non-hydrogen) atoms. The van der Waals surface area contributed by atoms with Gasteiger partial charge < -0.3 is 9.22 Å². The molecule has 100 valence electrons. The van der Waals surface area contributed by atoms with E-state index in [-0.39, 0.29) is 29.8 Å². The van der Waals surface area contributed by atoms with Crippen LogP contribution in [0.2, 0.25) is 0 Å². The average molecular weight is 260 g/mol. The van der Waals surface area contributed by atoms with E-state index in [9.17, 15) is 9.59 Å². The third-order valence-electron chi connectivity index (χ3n) is 4.73. The third-order valence-corrected chi connectivity index (χ3v) is 4.73. The number of hydrogen-bond donors (Lipinski definition) is 0. The fourth-order valence-electron chi connectivity index (χ4n) is 3.82. The SMILES string of the molecule is COC(=O)[C@H]1CC2C(=O)c3ccccc3C1[N+]2(C)C. The second kappa shape index (κ2) is 3.90. The largest absolute Gasteiger partial charge is 0.469 e. The standard InChI is InChI=1S/C15H18NO3/c1-16(2)12-8-11(15(18)19-3)13(16)9-6-4-5-7-10(9)14(12)17/h4-7,11-13H,8H2,1-3H3/q+1/t11-,12?,13?/m0/s1. The monoisotopic (exact) mass is 260 g/mol. The normalized spacial score (nSPS) is 30.9. The summed E-state index contributed by atoms with van der Waals surface area (Å²) in [4.78, 5) is 24.6. The van der Waals surface area contributed by atoms with Gasteiger partial charge in [-0.1, -0.05) is 24.3 Å². The van der Waals surface area contributed by atoms with Gasteiger partial charge in [0.15, 0.2) is 6.04 Å².